The molecule has 0 unspecified atom stereocenters. The Morgan fingerprint density at radius 2 is 2.00 bits per heavy atom. The average molecular weight is 260 g/mol. The highest BCUT2D eigenvalue weighted by Gasteiger charge is 2.12. The zero-order valence-corrected chi connectivity index (χ0v) is 10.4. The van der Waals surface area contributed by atoms with Crippen molar-refractivity contribution in [2.45, 2.75) is 10.8 Å². The lowest BCUT2D eigenvalue weighted by molar-refractivity contribution is 0.0697. The summed E-state index contributed by atoms with van der Waals surface area (Å²) >= 11 is 1.43. The molecule has 0 aliphatic heterocycles. The Hall–Kier alpha value is -2.01. The van der Waals surface area contributed by atoms with Crippen LogP contribution in [0.1, 0.15) is 15.9 Å². The van der Waals surface area contributed by atoms with Gasteiger partial charge in [0.25, 0.3) is 0 Å². The van der Waals surface area contributed by atoms with Crippen molar-refractivity contribution in [1.29, 1.82) is 0 Å². The minimum absolute atomic E-state index is 0.0977. The van der Waals surface area contributed by atoms with Crippen molar-refractivity contribution < 1.29 is 9.90 Å². The molecule has 18 heavy (non-hydrogen) atoms. The van der Waals surface area contributed by atoms with Gasteiger partial charge in [-0.25, -0.2) is 9.78 Å². The van der Waals surface area contributed by atoms with Crippen molar-refractivity contribution >= 4 is 23.4 Å². The number of aromatic nitrogens is 1. The van der Waals surface area contributed by atoms with E-state index in [1.807, 2.05) is 30.3 Å². The van der Waals surface area contributed by atoms with E-state index in [0.29, 0.717) is 10.8 Å². The van der Waals surface area contributed by atoms with Crippen LogP contribution in [0.3, 0.4) is 0 Å². The molecule has 0 amide bonds. The molecular weight excluding hydrogens is 248 g/mol. The van der Waals surface area contributed by atoms with Crippen LogP contribution < -0.4 is 5.73 Å². The molecule has 1 aromatic carbocycles. The van der Waals surface area contributed by atoms with Gasteiger partial charge in [0.05, 0.1) is 11.3 Å². The monoisotopic (exact) mass is 260 g/mol. The number of thioether (sulfide) groups is 1. The normalized spacial score (nSPS) is 10.2. The van der Waals surface area contributed by atoms with Crippen LogP contribution in [0.5, 0.6) is 0 Å². The second-order valence-electron chi connectivity index (χ2n) is 3.66. The molecule has 0 saturated carbocycles. The molecule has 0 saturated heterocycles. The molecule has 1 heterocycles. The highest BCUT2D eigenvalue weighted by molar-refractivity contribution is 7.98. The molecule has 0 atom stereocenters. The number of nitrogens with two attached hydrogens (primary N) is 1. The summed E-state index contributed by atoms with van der Waals surface area (Å²) in [6.07, 6.45) is 1.47. The number of carbonyl (C=O) groups is 1. The van der Waals surface area contributed by atoms with E-state index in [2.05, 4.69) is 4.98 Å². The van der Waals surface area contributed by atoms with Crippen LogP contribution in [-0.4, -0.2) is 16.1 Å². The van der Waals surface area contributed by atoms with Gasteiger partial charge in [0.15, 0.2) is 0 Å². The first-order chi connectivity index (χ1) is 8.68. The van der Waals surface area contributed by atoms with E-state index in [1.165, 1.54) is 24.0 Å². The highest BCUT2D eigenvalue weighted by atomic mass is 32.2. The SMILES string of the molecule is Nc1c(C(=O)O)ccnc1SCc1ccccc1. The lowest BCUT2D eigenvalue weighted by atomic mass is 10.2. The van der Waals surface area contributed by atoms with Crippen molar-refractivity contribution in [2.24, 2.45) is 0 Å². The number of carboxylic acids is 1. The Balaban J connectivity index is 2.15. The van der Waals surface area contributed by atoms with E-state index < -0.39 is 5.97 Å². The van der Waals surface area contributed by atoms with Gasteiger partial charge in [-0.15, -0.1) is 0 Å². The maximum Gasteiger partial charge on any atom is 0.337 e. The van der Waals surface area contributed by atoms with Crippen molar-refractivity contribution in [3.05, 3.63) is 53.7 Å². The summed E-state index contributed by atoms with van der Waals surface area (Å²) in [5.41, 5.74) is 7.25. The minimum Gasteiger partial charge on any atom is -0.478 e. The summed E-state index contributed by atoms with van der Waals surface area (Å²) in [6.45, 7) is 0. The van der Waals surface area contributed by atoms with E-state index >= 15 is 0 Å². The van der Waals surface area contributed by atoms with Crippen LogP contribution in [0.4, 0.5) is 5.69 Å². The number of rotatable bonds is 4. The molecule has 1 aromatic heterocycles. The largest absolute Gasteiger partial charge is 0.478 e. The number of anilines is 1. The summed E-state index contributed by atoms with van der Waals surface area (Å²) in [5, 5.41) is 9.51. The van der Waals surface area contributed by atoms with Crippen molar-refractivity contribution in [3.8, 4) is 0 Å². The van der Waals surface area contributed by atoms with Crippen LogP contribution in [0.2, 0.25) is 0 Å². The summed E-state index contributed by atoms with van der Waals surface area (Å²) in [4.78, 5) is 15.0. The lowest BCUT2D eigenvalue weighted by Crippen LogP contribution is -2.04. The second-order valence-corrected chi connectivity index (χ2v) is 4.62. The van der Waals surface area contributed by atoms with E-state index in [4.69, 9.17) is 10.8 Å². The van der Waals surface area contributed by atoms with E-state index in [-0.39, 0.29) is 11.3 Å². The van der Waals surface area contributed by atoms with Crippen LogP contribution in [0.25, 0.3) is 0 Å². The molecule has 0 fully saturated rings. The van der Waals surface area contributed by atoms with Crippen LogP contribution in [0.15, 0.2) is 47.6 Å². The van der Waals surface area contributed by atoms with Crippen LogP contribution in [-0.2, 0) is 5.75 Å². The van der Waals surface area contributed by atoms with Gasteiger partial charge in [0, 0.05) is 11.9 Å². The zero-order valence-electron chi connectivity index (χ0n) is 9.54. The Morgan fingerprint density at radius 1 is 1.28 bits per heavy atom. The predicted octanol–water partition coefficient (Wildman–Crippen LogP) is 2.65. The Labute approximate surface area is 109 Å². The highest BCUT2D eigenvalue weighted by Crippen LogP contribution is 2.28. The molecule has 0 aliphatic carbocycles. The Bertz CT molecular complexity index is 558. The molecule has 0 bridgehead atoms. The first-order valence-electron chi connectivity index (χ1n) is 5.33. The van der Waals surface area contributed by atoms with Gasteiger partial charge in [-0.2, -0.15) is 0 Å². The number of benzene rings is 1. The number of carboxylic acid groups (broad SMARTS) is 1. The number of hydrogen-bond acceptors (Lipinski definition) is 4. The quantitative estimate of drug-likeness (QED) is 0.826. The summed E-state index contributed by atoms with van der Waals surface area (Å²) in [7, 11) is 0. The third-order valence-corrected chi connectivity index (χ3v) is 3.48. The average Bonchev–Trinajstić information content (AvgIpc) is 2.38. The van der Waals surface area contributed by atoms with E-state index in [0.717, 1.165) is 5.56 Å². The molecule has 92 valence electrons. The summed E-state index contributed by atoms with van der Waals surface area (Å²) in [6, 6.07) is 11.3. The maximum absolute atomic E-state index is 10.9. The number of nitrogen functional groups attached to an aromatic ring is 1. The van der Waals surface area contributed by atoms with Gasteiger partial charge >= 0.3 is 5.97 Å². The first-order valence-corrected chi connectivity index (χ1v) is 6.31. The lowest BCUT2D eigenvalue weighted by Gasteiger charge is -2.06. The third kappa shape index (κ3) is 2.81. The predicted molar refractivity (Wildman–Crippen MR) is 71.6 cm³/mol. The molecule has 0 spiro atoms. The fourth-order valence-electron chi connectivity index (χ4n) is 1.48. The Morgan fingerprint density at radius 3 is 2.67 bits per heavy atom. The number of pyridine rings is 1. The van der Waals surface area contributed by atoms with Gasteiger partial charge in [0.2, 0.25) is 0 Å². The summed E-state index contributed by atoms with van der Waals surface area (Å²) in [5.74, 6) is -0.322. The fraction of sp³-hybridized carbons (Fsp3) is 0.0769. The second kappa shape index (κ2) is 5.55. The molecule has 5 heteroatoms. The smallest absolute Gasteiger partial charge is 0.337 e. The van der Waals surface area contributed by atoms with Gasteiger partial charge in [0.1, 0.15) is 5.03 Å². The van der Waals surface area contributed by atoms with Gasteiger partial charge < -0.3 is 10.8 Å². The molecule has 0 radical (unpaired) electrons. The van der Waals surface area contributed by atoms with Crippen molar-refractivity contribution in [2.75, 3.05) is 5.73 Å². The van der Waals surface area contributed by atoms with Gasteiger partial charge in [-0.05, 0) is 11.6 Å². The maximum atomic E-state index is 10.9. The first kappa shape index (κ1) is 12.4. The topological polar surface area (TPSA) is 76.2 Å². The number of hydrogen-bond donors (Lipinski definition) is 2. The van der Waals surface area contributed by atoms with E-state index in [9.17, 15) is 4.79 Å². The summed E-state index contributed by atoms with van der Waals surface area (Å²) < 4.78 is 0. The molecule has 4 nitrogen and oxygen atoms in total. The minimum atomic E-state index is -1.03. The third-order valence-electron chi connectivity index (χ3n) is 2.40. The van der Waals surface area contributed by atoms with Gasteiger partial charge in [-0.1, -0.05) is 42.1 Å². The number of nitrogens with zero attached hydrogens (tertiary/aromatic N) is 1. The van der Waals surface area contributed by atoms with Crippen molar-refractivity contribution in [1.82, 2.24) is 4.98 Å². The van der Waals surface area contributed by atoms with Crippen LogP contribution in [0, 0.1) is 0 Å². The molecule has 2 rings (SSSR count). The zero-order chi connectivity index (χ0) is 13.0. The molecule has 3 N–H and O–H groups in total. The molecule has 2 aromatic rings. The molecular formula is C13H12N2O2S. The fourth-order valence-corrected chi connectivity index (χ4v) is 2.38. The number of aromatic carboxylic acids is 1. The van der Waals surface area contributed by atoms with Crippen molar-refractivity contribution in [3.63, 3.8) is 0 Å². The standard InChI is InChI=1S/C13H12N2O2S/c14-11-10(13(16)17)6-7-15-12(11)18-8-9-4-2-1-3-5-9/h1-7H,8,14H2,(H,16,17). The Kier molecular flexibility index (Phi) is 3.84. The van der Waals surface area contributed by atoms with Crippen LogP contribution >= 0.6 is 11.8 Å². The van der Waals surface area contributed by atoms with Gasteiger partial charge in [-0.3, -0.25) is 0 Å². The molecule has 0 aliphatic rings. The van der Waals surface area contributed by atoms with E-state index in [1.54, 1.807) is 0 Å².